The van der Waals surface area contributed by atoms with Crippen molar-refractivity contribution in [1.29, 1.82) is 0 Å². The molecular weight excluding hydrogens is 366 g/mol. The smallest absolute Gasteiger partial charge is 0.208 e. The lowest BCUT2D eigenvalue weighted by molar-refractivity contribution is 0.414. The molecule has 0 radical (unpaired) electrons. The summed E-state index contributed by atoms with van der Waals surface area (Å²) >= 11 is 1.72. The molecule has 1 unspecified atom stereocenters. The molecule has 1 N–H and O–H groups in total. The summed E-state index contributed by atoms with van der Waals surface area (Å²) in [5.41, 5.74) is 4.35. The third kappa shape index (κ3) is 3.00. The Bertz CT molecular complexity index is 1110. The Balaban J connectivity index is 1.61. The van der Waals surface area contributed by atoms with Crippen molar-refractivity contribution in [2.45, 2.75) is 6.04 Å². The number of thiophene rings is 1. The number of rotatable bonds is 4. The lowest BCUT2D eigenvalue weighted by Gasteiger charge is -2.25. The maximum Gasteiger partial charge on any atom is 0.208 e. The van der Waals surface area contributed by atoms with Crippen LogP contribution in [0.2, 0.25) is 0 Å². The van der Waals surface area contributed by atoms with E-state index in [9.17, 15) is 0 Å². The van der Waals surface area contributed by atoms with Gasteiger partial charge in [0.15, 0.2) is 0 Å². The van der Waals surface area contributed by atoms with E-state index in [0.717, 1.165) is 28.7 Å². The average molecular weight is 385 g/mol. The van der Waals surface area contributed by atoms with Crippen molar-refractivity contribution in [1.82, 2.24) is 9.55 Å². The highest BCUT2D eigenvalue weighted by Gasteiger charge is 2.24. The van der Waals surface area contributed by atoms with Gasteiger partial charge >= 0.3 is 0 Å². The number of nitrogens with one attached hydrogen (secondary N) is 1. The van der Waals surface area contributed by atoms with Gasteiger partial charge in [-0.2, -0.15) is 0 Å². The van der Waals surface area contributed by atoms with Crippen molar-refractivity contribution in [3.63, 3.8) is 0 Å². The SMILES string of the molecule is COc1ccc(C2C=C(c3cccs3)Nc3nc(-c4ccccc4)cn32)cc1. The standard InChI is InChI=1S/C23H19N3OS/c1-27-18-11-9-17(10-12-18)21-14-19(22-8-5-13-28-22)24-23-25-20(15-26(21)23)16-6-3-2-4-7-16/h2-15,21H,1H3,(H,24,25). The number of imidazole rings is 1. The predicted octanol–water partition coefficient (Wildman–Crippen LogP) is 5.68. The zero-order valence-electron chi connectivity index (χ0n) is 15.4. The minimum atomic E-state index is 0.0595. The Morgan fingerprint density at radius 2 is 1.82 bits per heavy atom. The van der Waals surface area contributed by atoms with Crippen molar-refractivity contribution < 1.29 is 4.74 Å². The lowest BCUT2D eigenvalue weighted by Crippen LogP contribution is -2.18. The summed E-state index contributed by atoms with van der Waals surface area (Å²) in [7, 11) is 1.69. The fourth-order valence-corrected chi connectivity index (χ4v) is 4.19. The van der Waals surface area contributed by atoms with Gasteiger partial charge in [0.05, 0.1) is 29.4 Å². The molecule has 3 heterocycles. The van der Waals surface area contributed by atoms with Crippen molar-refractivity contribution in [3.05, 3.63) is 94.8 Å². The van der Waals surface area contributed by atoms with Gasteiger partial charge in [-0.15, -0.1) is 11.3 Å². The molecule has 0 aliphatic carbocycles. The van der Waals surface area contributed by atoms with Crippen LogP contribution in [0.3, 0.4) is 0 Å². The van der Waals surface area contributed by atoms with Gasteiger partial charge in [-0.1, -0.05) is 48.5 Å². The van der Waals surface area contributed by atoms with E-state index in [1.807, 2.05) is 30.3 Å². The molecule has 0 saturated heterocycles. The van der Waals surface area contributed by atoms with E-state index < -0.39 is 0 Å². The number of ether oxygens (including phenoxy) is 1. The molecule has 5 rings (SSSR count). The summed E-state index contributed by atoms with van der Waals surface area (Å²) in [6.07, 6.45) is 4.38. The fourth-order valence-electron chi connectivity index (χ4n) is 3.48. The van der Waals surface area contributed by atoms with E-state index in [-0.39, 0.29) is 6.04 Å². The summed E-state index contributed by atoms with van der Waals surface area (Å²) in [5.74, 6) is 1.71. The third-order valence-electron chi connectivity index (χ3n) is 4.92. The summed E-state index contributed by atoms with van der Waals surface area (Å²) in [6, 6.07) is 22.8. The molecule has 0 bridgehead atoms. The first-order chi connectivity index (χ1) is 13.8. The number of anilines is 1. The van der Waals surface area contributed by atoms with Gasteiger partial charge in [-0.3, -0.25) is 0 Å². The van der Waals surface area contributed by atoms with Gasteiger partial charge in [0.1, 0.15) is 5.75 Å². The van der Waals surface area contributed by atoms with Crippen LogP contribution in [0.4, 0.5) is 5.95 Å². The molecule has 4 aromatic rings. The van der Waals surface area contributed by atoms with E-state index in [1.165, 1.54) is 10.4 Å². The Morgan fingerprint density at radius 3 is 2.54 bits per heavy atom. The molecule has 0 amide bonds. The summed E-state index contributed by atoms with van der Waals surface area (Å²) in [6.45, 7) is 0. The fraction of sp³-hybridized carbons (Fsp3) is 0.0870. The van der Waals surface area contributed by atoms with E-state index in [0.29, 0.717) is 0 Å². The minimum Gasteiger partial charge on any atom is -0.497 e. The normalized spacial score (nSPS) is 15.5. The molecular formula is C23H19N3OS. The molecule has 0 spiro atoms. The topological polar surface area (TPSA) is 39.1 Å². The highest BCUT2D eigenvalue weighted by Crippen LogP contribution is 2.36. The van der Waals surface area contributed by atoms with Crippen LogP contribution in [0.25, 0.3) is 17.0 Å². The second-order valence-electron chi connectivity index (χ2n) is 6.62. The van der Waals surface area contributed by atoms with Crippen LogP contribution in [-0.2, 0) is 0 Å². The summed E-state index contributed by atoms with van der Waals surface area (Å²) in [4.78, 5) is 6.08. The Kier molecular flexibility index (Phi) is 4.22. The summed E-state index contributed by atoms with van der Waals surface area (Å²) in [5, 5.41) is 5.60. The van der Waals surface area contributed by atoms with E-state index in [2.05, 4.69) is 63.9 Å². The molecule has 0 fully saturated rings. The second kappa shape index (κ2) is 7.02. The molecule has 1 aliphatic rings. The molecule has 2 aromatic carbocycles. The molecule has 28 heavy (non-hydrogen) atoms. The zero-order valence-corrected chi connectivity index (χ0v) is 16.2. The van der Waals surface area contributed by atoms with Crippen LogP contribution >= 0.6 is 11.3 Å². The minimum absolute atomic E-state index is 0.0595. The Hall–Kier alpha value is -3.31. The van der Waals surface area contributed by atoms with E-state index >= 15 is 0 Å². The average Bonchev–Trinajstić information content (AvgIpc) is 3.44. The maximum absolute atomic E-state index is 5.32. The third-order valence-corrected chi connectivity index (χ3v) is 5.82. The van der Waals surface area contributed by atoms with Crippen LogP contribution in [0.5, 0.6) is 5.75 Å². The van der Waals surface area contributed by atoms with Crippen molar-refractivity contribution in [2.75, 3.05) is 12.4 Å². The van der Waals surface area contributed by atoms with Gasteiger partial charge in [0, 0.05) is 11.8 Å². The lowest BCUT2D eigenvalue weighted by atomic mass is 10.0. The highest BCUT2D eigenvalue weighted by atomic mass is 32.1. The Morgan fingerprint density at radius 1 is 1.00 bits per heavy atom. The molecule has 0 saturated carbocycles. The summed E-state index contributed by atoms with van der Waals surface area (Å²) < 4.78 is 7.52. The van der Waals surface area contributed by atoms with Crippen LogP contribution in [0, 0.1) is 0 Å². The van der Waals surface area contributed by atoms with Gasteiger partial charge < -0.3 is 14.6 Å². The van der Waals surface area contributed by atoms with Crippen LogP contribution in [0.15, 0.2) is 84.4 Å². The molecule has 1 aliphatic heterocycles. The van der Waals surface area contributed by atoms with Crippen LogP contribution in [-0.4, -0.2) is 16.7 Å². The van der Waals surface area contributed by atoms with Crippen LogP contribution < -0.4 is 10.1 Å². The Labute approximate surface area is 167 Å². The van der Waals surface area contributed by atoms with Crippen LogP contribution in [0.1, 0.15) is 16.5 Å². The molecule has 4 nitrogen and oxygen atoms in total. The highest BCUT2D eigenvalue weighted by molar-refractivity contribution is 7.11. The molecule has 138 valence electrons. The predicted molar refractivity (Wildman–Crippen MR) is 115 cm³/mol. The van der Waals surface area contributed by atoms with Gasteiger partial charge in [0.25, 0.3) is 0 Å². The monoisotopic (exact) mass is 385 g/mol. The molecule has 5 heteroatoms. The van der Waals surface area contributed by atoms with E-state index in [1.54, 1.807) is 18.4 Å². The number of fused-ring (bicyclic) bond motifs is 1. The second-order valence-corrected chi connectivity index (χ2v) is 7.57. The van der Waals surface area contributed by atoms with Crippen molar-refractivity contribution in [3.8, 4) is 17.0 Å². The van der Waals surface area contributed by atoms with Gasteiger partial charge in [-0.25, -0.2) is 4.98 Å². The van der Waals surface area contributed by atoms with Gasteiger partial charge in [0.2, 0.25) is 5.95 Å². The number of benzene rings is 2. The quantitative estimate of drug-likeness (QED) is 0.491. The van der Waals surface area contributed by atoms with E-state index in [4.69, 9.17) is 9.72 Å². The number of allylic oxidation sites excluding steroid dienone is 1. The van der Waals surface area contributed by atoms with Crippen molar-refractivity contribution >= 4 is 23.0 Å². The molecule has 1 atom stereocenters. The number of hydrogen-bond acceptors (Lipinski definition) is 4. The number of nitrogens with zero attached hydrogens (tertiary/aromatic N) is 2. The van der Waals surface area contributed by atoms with Crippen molar-refractivity contribution in [2.24, 2.45) is 0 Å². The number of hydrogen-bond donors (Lipinski definition) is 1. The zero-order chi connectivity index (χ0) is 18.9. The first-order valence-electron chi connectivity index (χ1n) is 9.13. The number of aromatic nitrogens is 2. The number of methoxy groups -OCH3 is 1. The molecule has 2 aromatic heterocycles. The maximum atomic E-state index is 5.32. The first kappa shape index (κ1) is 16.8. The first-order valence-corrected chi connectivity index (χ1v) is 10.0. The van der Waals surface area contributed by atoms with Gasteiger partial charge in [-0.05, 0) is 35.2 Å². The largest absolute Gasteiger partial charge is 0.497 e.